The van der Waals surface area contributed by atoms with Crippen LogP contribution in [-0.4, -0.2) is 80.4 Å². The van der Waals surface area contributed by atoms with Gasteiger partial charge in [0.2, 0.25) is 5.91 Å². The van der Waals surface area contributed by atoms with Gasteiger partial charge in [-0.1, -0.05) is 51.6 Å². The summed E-state index contributed by atoms with van der Waals surface area (Å²) < 4.78 is 34.4. The van der Waals surface area contributed by atoms with Gasteiger partial charge in [-0.15, -0.1) is 0 Å². The van der Waals surface area contributed by atoms with Crippen molar-refractivity contribution in [3.63, 3.8) is 0 Å². The molecule has 9 nitrogen and oxygen atoms in total. The highest BCUT2D eigenvalue weighted by atomic mass is 32.2. The van der Waals surface area contributed by atoms with Gasteiger partial charge < -0.3 is 13.9 Å². The average Bonchev–Trinajstić information content (AvgIpc) is 3.27. The molecule has 2 aromatic carbocycles. The fourth-order valence-corrected chi connectivity index (χ4v) is 5.95. The Morgan fingerprint density at radius 2 is 1.67 bits per heavy atom. The molecule has 1 amide bonds. The fraction of sp³-hybridized carbons (Fsp3) is 0.500. The number of nitrogens with one attached hydrogen (secondary N) is 1. The molecule has 4 rings (SSSR count). The molecule has 0 atom stereocenters. The number of aromatic nitrogens is 1. The molecule has 11 heteroatoms. The number of nitrogens with zero attached hydrogens (tertiary/aromatic N) is 3. The number of oxazole rings is 1. The first-order valence-corrected chi connectivity index (χ1v) is 16.1. The minimum absolute atomic E-state index is 0.0667. The second kappa shape index (κ2) is 12.7. The number of para-hydroxylation sites is 2. The highest BCUT2D eigenvalue weighted by Gasteiger charge is 2.23. The van der Waals surface area contributed by atoms with Gasteiger partial charge in [0.15, 0.2) is 5.58 Å². The highest BCUT2D eigenvalue weighted by Crippen LogP contribution is 2.37. The van der Waals surface area contributed by atoms with Gasteiger partial charge >= 0.3 is 10.1 Å². The van der Waals surface area contributed by atoms with Gasteiger partial charge in [0, 0.05) is 44.2 Å². The van der Waals surface area contributed by atoms with E-state index in [4.69, 9.17) is 8.60 Å². The van der Waals surface area contributed by atoms with Crippen molar-refractivity contribution >= 4 is 44.6 Å². The Labute approximate surface area is 235 Å². The highest BCUT2D eigenvalue weighted by molar-refractivity contribution is 7.99. The number of rotatable bonds is 11. The van der Waals surface area contributed by atoms with Crippen molar-refractivity contribution in [1.82, 2.24) is 14.8 Å². The van der Waals surface area contributed by atoms with E-state index in [9.17, 15) is 13.2 Å². The molecule has 1 N–H and O–H groups in total. The summed E-state index contributed by atoms with van der Waals surface area (Å²) in [5.74, 6) is 1.22. The Hall–Kier alpha value is -2.60. The van der Waals surface area contributed by atoms with Crippen molar-refractivity contribution in [2.75, 3.05) is 56.6 Å². The lowest BCUT2D eigenvalue weighted by Gasteiger charge is -2.34. The predicted molar refractivity (Wildman–Crippen MR) is 156 cm³/mol. The second-order valence-corrected chi connectivity index (χ2v) is 13.2. The fourth-order valence-electron chi connectivity index (χ4n) is 4.67. The van der Waals surface area contributed by atoms with E-state index in [-0.39, 0.29) is 23.5 Å². The summed E-state index contributed by atoms with van der Waals surface area (Å²) >= 11 is 1.62. The topological polar surface area (TPSA) is 105 Å². The maximum Gasteiger partial charge on any atom is 0.306 e. The number of anilines is 1. The minimum Gasteiger partial charge on any atom is -0.431 e. The maximum atomic E-state index is 13.1. The van der Waals surface area contributed by atoms with Crippen molar-refractivity contribution < 1.29 is 21.8 Å². The first-order chi connectivity index (χ1) is 18.5. The van der Waals surface area contributed by atoms with Crippen molar-refractivity contribution in [3.8, 4) is 5.75 Å². The summed E-state index contributed by atoms with van der Waals surface area (Å²) in [7, 11) is -3.65. The summed E-state index contributed by atoms with van der Waals surface area (Å²) in [5, 5.41) is 3.83. The van der Waals surface area contributed by atoms with Crippen LogP contribution < -0.4 is 9.50 Å². The third-order valence-electron chi connectivity index (χ3n) is 6.67. The lowest BCUT2D eigenvalue weighted by Crippen LogP contribution is -2.49. The number of fused-ring (bicyclic) bond motifs is 1. The van der Waals surface area contributed by atoms with Crippen LogP contribution in [0.2, 0.25) is 0 Å². The van der Waals surface area contributed by atoms with E-state index in [2.05, 4.69) is 20.1 Å². The molecule has 1 fully saturated rings. The summed E-state index contributed by atoms with van der Waals surface area (Å²) in [4.78, 5) is 22.2. The molecule has 0 bridgehead atoms. The Bertz CT molecular complexity index is 1330. The Morgan fingerprint density at radius 3 is 2.26 bits per heavy atom. The van der Waals surface area contributed by atoms with Gasteiger partial charge in [0.05, 0.1) is 12.8 Å². The molecule has 0 spiro atoms. The first-order valence-electron chi connectivity index (χ1n) is 13.3. The van der Waals surface area contributed by atoms with E-state index in [1.807, 2.05) is 52.0 Å². The quantitative estimate of drug-likeness (QED) is 0.256. The number of hydrogen-bond donors (Lipinski definition) is 1. The Balaban J connectivity index is 1.30. The van der Waals surface area contributed by atoms with Gasteiger partial charge in [-0.2, -0.15) is 8.42 Å². The van der Waals surface area contributed by atoms with E-state index in [1.165, 1.54) is 0 Å². The largest absolute Gasteiger partial charge is 0.431 e. The van der Waals surface area contributed by atoms with Gasteiger partial charge in [-0.05, 0) is 47.2 Å². The third-order valence-corrected chi connectivity index (χ3v) is 7.97. The molecule has 2 heterocycles. The van der Waals surface area contributed by atoms with E-state index >= 15 is 0 Å². The molecule has 1 aromatic heterocycles. The van der Waals surface area contributed by atoms with Crippen LogP contribution in [0.3, 0.4) is 0 Å². The van der Waals surface area contributed by atoms with Crippen LogP contribution in [0.25, 0.3) is 11.1 Å². The van der Waals surface area contributed by atoms with Crippen molar-refractivity contribution in [3.05, 3.63) is 47.5 Å². The molecule has 1 saturated heterocycles. The monoisotopic (exact) mass is 574 g/mol. The number of carbonyl (C=O) groups excluding carboxylic acids is 1. The second-order valence-electron chi connectivity index (χ2n) is 10.5. The van der Waals surface area contributed by atoms with Crippen molar-refractivity contribution in [1.29, 1.82) is 0 Å². The zero-order valence-corrected chi connectivity index (χ0v) is 24.9. The van der Waals surface area contributed by atoms with E-state index in [0.29, 0.717) is 11.8 Å². The summed E-state index contributed by atoms with van der Waals surface area (Å²) in [6, 6.07) is 11.2. The molecule has 0 unspecified atom stereocenters. The Morgan fingerprint density at radius 1 is 1.05 bits per heavy atom. The summed E-state index contributed by atoms with van der Waals surface area (Å²) in [6.45, 7) is 12.7. The number of amides is 1. The van der Waals surface area contributed by atoms with Crippen LogP contribution in [0.4, 0.5) is 5.69 Å². The molecule has 0 aliphatic carbocycles. The number of piperazine rings is 1. The summed E-state index contributed by atoms with van der Waals surface area (Å²) in [6.07, 6.45) is 1.03. The summed E-state index contributed by atoms with van der Waals surface area (Å²) in [5.41, 5.74) is 4.15. The molecular formula is C28H38N4O5S2. The lowest BCUT2D eigenvalue weighted by molar-refractivity contribution is -0.117. The lowest BCUT2D eigenvalue weighted by atomic mass is 9.92. The van der Waals surface area contributed by atoms with Crippen LogP contribution in [0.5, 0.6) is 5.75 Å². The number of benzene rings is 2. The van der Waals surface area contributed by atoms with Crippen molar-refractivity contribution in [2.24, 2.45) is 0 Å². The van der Waals surface area contributed by atoms with Gasteiger partial charge in [0.25, 0.3) is 5.22 Å². The van der Waals surface area contributed by atoms with Crippen LogP contribution in [0.15, 0.2) is 46.0 Å². The van der Waals surface area contributed by atoms with E-state index in [1.54, 1.807) is 23.9 Å². The first kappa shape index (κ1) is 29.4. The average molecular weight is 575 g/mol. The molecular weight excluding hydrogens is 536 g/mol. The van der Waals surface area contributed by atoms with Gasteiger partial charge in [-0.3, -0.25) is 14.6 Å². The minimum atomic E-state index is -3.65. The van der Waals surface area contributed by atoms with Crippen LogP contribution in [-0.2, 0) is 14.9 Å². The molecule has 39 heavy (non-hydrogen) atoms. The smallest absolute Gasteiger partial charge is 0.306 e. The standard InChI is InChI=1S/C28H38N4O5S2/c1-19(2)22-16-21(37-39(5,34)35)17-23(20(3)4)27(22)30-26(33)18-32-12-10-31(11-13-32)14-15-38-28-29-24-8-6-7-9-25(24)36-28/h6-9,16-17,19-20H,10-15,18H2,1-5H3,(H,30,33). The molecule has 1 aliphatic rings. The third kappa shape index (κ3) is 8.20. The van der Waals surface area contributed by atoms with Gasteiger partial charge in [-0.25, -0.2) is 4.98 Å². The molecule has 3 aromatic rings. The molecule has 212 valence electrons. The normalized spacial score (nSPS) is 15.4. The predicted octanol–water partition coefficient (Wildman–Crippen LogP) is 4.76. The number of hydrogen-bond acceptors (Lipinski definition) is 9. The zero-order chi connectivity index (χ0) is 28.2. The van der Waals surface area contributed by atoms with Crippen LogP contribution in [0, 0.1) is 0 Å². The molecule has 0 radical (unpaired) electrons. The van der Waals surface area contributed by atoms with Crippen LogP contribution >= 0.6 is 11.8 Å². The van der Waals surface area contributed by atoms with Gasteiger partial charge in [0.1, 0.15) is 11.3 Å². The molecule has 0 saturated carbocycles. The zero-order valence-electron chi connectivity index (χ0n) is 23.3. The van der Waals surface area contributed by atoms with Crippen molar-refractivity contribution in [2.45, 2.75) is 44.8 Å². The Kier molecular flexibility index (Phi) is 9.58. The van der Waals surface area contributed by atoms with E-state index < -0.39 is 10.1 Å². The number of carbonyl (C=O) groups is 1. The van der Waals surface area contributed by atoms with E-state index in [0.717, 1.165) is 72.6 Å². The molecule has 1 aliphatic heterocycles. The maximum absolute atomic E-state index is 13.1. The van der Waals surface area contributed by atoms with Crippen LogP contribution in [0.1, 0.15) is 50.7 Å². The number of thioether (sulfide) groups is 1. The SMILES string of the molecule is CC(C)c1cc(OS(C)(=O)=O)cc(C(C)C)c1NC(=O)CN1CCN(CCSc2nc3ccccc3o2)CC1.